The molecule has 4 rings (SSSR count). The molecule has 7 nitrogen and oxygen atoms in total. The maximum absolute atomic E-state index is 13.3. The van der Waals surface area contributed by atoms with Crippen LogP contribution in [0.4, 0.5) is 10.1 Å². The molecule has 0 aliphatic carbocycles. The summed E-state index contributed by atoms with van der Waals surface area (Å²) in [6.45, 7) is 0.119. The second kappa shape index (κ2) is 12.6. The van der Waals surface area contributed by atoms with Crippen LogP contribution in [0.5, 0.6) is 17.2 Å². The molecule has 3 N–H and O–H groups in total. The van der Waals surface area contributed by atoms with Gasteiger partial charge in [0.1, 0.15) is 29.7 Å². The fourth-order valence-electron chi connectivity index (χ4n) is 3.24. The highest BCUT2D eigenvalue weighted by Gasteiger charge is 2.13. The molecule has 3 aromatic carbocycles. The van der Waals surface area contributed by atoms with Gasteiger partial charge < -0.3 is 29.6 Å². The van der Waals surface area contributed by atoms with E-state index in [1.165, 1.54) is 19.2 Å². The molecule has 184 valence electrons. The van der Waals surface area contributed by atoms with Crippen LogP contribution in [-0.2, 0) is 0 Å². The van der Waals surface area contributed by atoms with Crippen LogP contribution in [-0.4, -0.2) is 49.9 Å². The number of aliphatic hydroxyl groups excluding tert-OH is 1. The number of aromatic amines is 1. The van der Waals surface area contributed by atoms with E-state index in [4.69, 9.17) is 30.9 Å². The quantitative estimate of drug-likeness (QED) is 0.269. The topological polar surface area (TPSA) is 92.8 Å². The minimum atomic E-state index is -0.358. The molecule has 0 fully saturated rings. The summed E-state index contributed by atoms with van der Waals surface area (Å²) in [5, 5.41) is 13.3. The number of anilines is 1. The second-order valence-corrected chi connectivity index (χ2v) is 7.74. The molecule has 1 heterocycles. The third-order valence-electron chi connectivity index (χ3n) is 4.90. The average Bonchev–Trinajstić information content (AvgIpc) is 3.29. The number of benzene rings is 3. The number of carbonyl (C=O) groups excluding carboxylic acids is 1. The Morgan fingerprint density at radius 1 is 1.03 bits per heavy atom. The lowest BCUT2D eigenvalue weighted by atomic mass is 10.1. The van der Waals surface area contributed by atoms with Gasteiger partial charge in [0.05, 0.1) is 27.4 Å². The first-order valence-electron chi connectivity index (χ1n) is 10.7. The van der Waals surface area contributed by atoms with E-state index in [1.807, 2.05) is 18.2 Å². The van der Waals surface area contributed by atoms with E-state index in [-0.39, 0.29) is 31.4 Å². The molecule has 35 heavy (non-hydrogen) atoms. The molecule has 0 unspecified atom stereocenters. The maximum atomic E-state index is 13.3. The van der Waals surface area contributed by atoms with Gasteiger partial charge in [-0.25, -0.2) is 4.39 Å². The number of carbonyl (C=O) groups is 1. The van der Waals surface area contributed by atoms with Crippen LogP contribution in [0.25, 0.3) is 10.9 Å². The second-order valence-electron chi connectivity index (χ2n) is 7.30. The molecule has 0 saturated heterocycles. The van der Waals surface area contributed by atoms with Crippen molar-refractivity contribution in [1.82, 2.24) is 4.98 Å². The van der Waals surface area contributed by atoms with Gasteiger partial charge in [0, 0.05) is 51.6 Å². The van der Waals surface area contributed by atoms with Gasteiger partial charge in [-0.05, 0) is 36.4 Å². The Hall–Kier alpha value is -3.75. The van der Waals surface area contributed by atoms with Crippen molar-refractivity contribution in [2.75, 3.05) is 39.3 Å². The number of hydrogen-bond donors (Lipinski definition) is 3. The largest absolute Gasteiger partial charge is 0.497 e. The highest BCUT2D eigenvalue weighted by atomic mass is 35.5. The standard InChI is InChI=1S/C19H19FN2O4.C7H7ClO/c1-25-14-7-13(8-15(9-14)26-5-4-23)21-11-19(24)17-10-22-18-6-12(20)2-3-16(17)18;1-9-7-4-2-3-6(8)5-7/h2-3,6-10,21-23H,4-5,11H2,1H3;2-5H,1H3. The Bertz CT molecular complexity index is 1280. The first kappa shape index (κ1) is 25.9. The van der Waals surface area contributed by atoms with Crippen LogP contribution < -0.4 is 19.5 Å². The lowest BCUT2D eigenvalue weighted by Gasteiger charge is -2.11. The summed E-state index contributed by atoms with van der Waals surface area (Å²) in [5.74, 6) is 1.39. The number of H-pyrrole nitrogens is 1. The van der Waals surface area contributed by atoms with E-state index in [9.17, 15) is 9.18 Å². The van der Waals surface area contributed by atoms with Crippen LogP contribution in [0.2, 0.25) is 5.02 Å². The van der Waals surface area contributed by atoms with E-state index in [0.717, 1.165) is 5.75 Å². The van der Waals surface area contributed by atoms with Crippen LogP contribution in [0, 0.1) is 5.82 Å². The lowest BCUT2D eigenvalue weighted by molar-refractivity contribution is 0.101. The summed E-state index contributed by atoms with van der Waals surface area (Å²) in [6, 6.07) is 16.7. The zero-order chi connectivity index (χ0) is 25.2. The van der Waals surface area contributed by atoms with E-state index in [0.29, 0.717) is 38.7 Å². The zero-order valence-electron chi connectivity index (χ0n) is 19.3. The number of methoxy groups -OCH3 is 2. The highest BCUT2D eigenvalue weighted by molar-refractivity contribution is 6.30. The Kier molecular flexibility index (Phi) is 9.34. The van der Waals surface area contributed by atoms with Crippen molar-refractivity contribution < 1.29 is 28.5 Å². The maximum Gasteiger partial charge on any atom is 0.183 e. The Labute approximate surface area is 207 Å². The van der Waals surface area contributed by atoms with Crippen molar-refractivity contribution in [3.05, 3.63) is 83.3 Å². The summed E-state index contributed by atoms with van der Waals surface area (Å²) < 4.78 is 28.8. The molecule has 1 aromatic heterocycles. The first-order chi connectivity index (χ1) is 16.9. The van der Waals surface area contributed by atoms with E-state index in [2.05, 4.69) is 10.3 Å². The van der Waals surface area contributed by atoms with Gasteiger partial charge in [-0.15, -0.1) is 0 Å². The number of fused-ring (bicyclic) bond motifs is 1. The van der Waals surface area contributed by atoms with Crippen LogP contribution in [0.3, 0.4) is 0 Å². The van der Waals surface area contributed by atoms with Gasteiger partial charge in [-0.1, -0.05) is 17.7 Å². The molecule has 0 aliphatic heterocycles. The summed E-state index contributed by atoms with van der Waals surface area (Å²) in [6.07, 6.45) is 1.58. The molecule has 0 amide bonds. The van der Waals surface area contributed by atoms with Gasteiger partial charge in [-0.2, -0.15) is 0 Å². The Morgan fingerprint density at radius 3 is 2.49 bits per heavy atom. The van der Waals surface area contributed by atoms with Crippen molar-refractivity contribution >= 4 is 34.0 Å². The van der Waals surface area contributed by atoms with E-state index >= 15 is 0 Å². The van der Waals surface area contributed by atoms with Crippen LogP contribution in [0.15, 0.2) is 66.9 Å². The summed E-state index contributed by atoms with van der Waals surface area (Å²) in [7, 11) is 3.15. The SMILES string of the molecule is COc1cc(NCC(=O)c2c[nH]c3cc(F)ccc23)cc(OCCO)c1.COc1cccc(Cl)c1. The zero-order valence-corrected chi connectivity index (χ0v) is 20.1. The van der Waals surface area contributed by atoms with Gasteiger partial charge in [-0.3, -0.25) is 4.79 Å². The fraction of sp³-hybridized carbons (Fsp3) is 0.192. The molecule has 0 aliphatic rings. The molecule has 4 aromatic rings. The van der Waals surface area contributed by atoms with Crippen LogP contribution in [0.1, 0.15) is 10.4 Å². The van der Waals surface area contributed by atoms with Crippen molar-refractivity contribution in [3.8, 4) is 17.2 Å². The summed E-state index contributed by atoms with van der Waals surface area (Å²) >= 11 is 5.64. The number of aliphatic hydroxyl groups is 1. The van der Waals surface area contributed by atoms with Crippen molar-refractivity contribution in [2.24, 2.45) is 0 Å². The number of Topliss-reactive ketones (excluding diaryl/α,β-unsaturated/α-hetero) is 1. The molecule has 0 saturated carbocycles. The average molecular weight is 501 g/mol. The Balaban J connectivity index is 0.000000320. The van der Waals surface area contributed by atoms with E-state index in [1.54, 1.807) is 43.6 Å². The van der Waals surface area contributed by atoms with Crippen LogP contribution >= 0.6 is 11.6 Å². The lowest BCUT2D eigenvalue weighted by Crippen LogP contribution is -2.14. The molecule has 0 bridgehead atoms. The number of halogens is 2. The number of aromatic nitrogens is 1. The smallest absolute Gasteiger partial charge is 0.183 e. The predicted octanol–water partition coefficient (Wildman–Crippen LogP) is 5.33. The molecule has 9 heteroatoms. The van der Waals surface area contributed by atoms with Gasteiger partial charge >= 0.3 is 0 Å². The third kappa shape index (κ3) is 7.37. The molecule has 0 atom stereocenters. The molecule has 0 spiro atoms. The molecular weight excluding hydrogens is 475 g/mol. The number of ketones is 1. The normalized spacial score (nSPS) is 10.3. The number of nitrogens with one attached hydrogen (secondary N) is 2. The van der Waals surface area contributed by atoms with Crippen molar-refractivity contribution in [1.29, 1.82) is 0 Å². The molecular formula is C26H26ClFN2O5. The minimum Gasteiger partial charge on any atom is -0.497 e. The Morgan fingerprint density at radius 2 is 1.80 bits per heavy atom. The first-order valence-corrected chi connectivity index (χ1v) is 11.1. The fourth-order valence-corrected chi connectivity index (χ4v) is 3.42. The van der Waals surface area contributed by atoms with Crippen molar-refractivity contribution in [2.45, 2.75) is 0 Å². The number of rotatable bonds is 9. The highest BCUT2D eigenvalue weighted by Crippen LogP contribution is 2.26. The van der Waals surface area contributed by atoms with Gasteiger partial charge in [0.15, 0.2) is 5.78 Å². The summed E-state index contributed by atoms with van der Waals surface area (Å²) in [4.78, 5) is 15.4. The third-order valence-corrected chi connectivity index (χ3v) is 5.14. The minimum absolute atomic E-state index is 0.0525. The van der Waals surface area contributed by atoms with E-state index < -0.39 is 0 Å². The van der Waals surface area contributed by atoms with Crippen molar-refractivity contribution in [3.63, 3.8) is 0 Å². The summed E-state index contributed by atoms with van der Waals surface area (Å²) in [5.41, 5.74) is 1.72. The number of ether oxygens (including phenoxy) is 3. The van der Waals surface area contributed by atoms with Gasteiger partial charge in [0.25, 0.3) is 0 Å². The number of hydrogen-bond acceptors (Lipinski definition) is 6. The monoisotopic (exact) mass is 500 g/mol. The predicted molar refractivity (Wildman–Crippen MR) is 135 cm³/mol. The molecule has 0 radical (unpaired) electrons. The van der Waals surface area contributed by atoms with Gasteiger partial charge in [0.2, 0.25) is 0 Å².